The van der Waals surface area contributed by atoms with E-state index in [2.05, 4.69) is 33.2 Å². The number of rotatable bonds is 6. The number of nitrogens with one attached hydrogen (secondary N) is 1. The molecule has 1 amide bonds. The van der Waals surface area contributed by atoms with Crippen LogP contribution in [-0.4, -0.2) is 26.8 Å². The minimum Gasteiger partial charge on any atom is -0.350 e. The molecule has 1 N–H and O–H groups in total. The fraction of sp³-hybridized carbons (Fsp3) is 0.174. The zero-order valence-corrected chi connectivity index (χ0v) is 17.3. The molecule has 6 nitrogen and oxygen atoms in total. The van der Waals surface area contributed by atoms with Crippen LogP contribution < -0.4 is 10.7 Å². The first kappa shape index (κ1) is 19.9. The molecule has 0 aliphatic heterocycles. The maximum Gasteiger partial charge on any atom is 0.275 e. The van der Waals surface area contributed by atoms with Gasteiger partial charge in [0.15, 0.2) is 5.69 Å². The van der Waals surface area contributed by atoms with Gasteiger partial charge in [-0.3, -0.25) is 9.59 Å². The molecule has 2 aromatic heterocycles. The van der Waals surface area contributed by atoms with E-state index in [-0.39, 0.29) is 5.69 Å². The number of hydrogen-bond acceptors (Lipinski definition) is 3. The topological polar surface area (TPSA) is 68.9 Å². The molecule has 0 aliphatic rings. The average molecular weight is 421 g/mol. The van der Waals surface area contributed by atoms with Gasteiger partial charge in [-0.05, 0) is 43.0 Å². The van der Waals surface area contributed by atoms with Crippen molar-refractivity contribution in [2.24, 2.45) is 0 Å². The van der Waals surface area contributed by atoms with Crippen LogP contribution in [-0.2, 0) is 6.54 Å². The number of aryl methyl sites for hydroxylation is 2. The average Bonchev–Trinajstić information content (AvgIpc) is 3.15. The number of aromatic nitrogens is 3. The lowest BCUT2D eigenvalue weighted by Crippen LogP contribution is -2.32. The summed E-state index contributed by atoms with van der Waals surface area (Å²) in [7, 11) is 0. The maximum absolute atomic E-state index is 12.6. The third kappa shape index (κ3) is 4.00. The Hall–Kier alpha value is -3.38. The summed E-state index contributed by atoms with van der Waals surface area (Å²) in [5, 5.41) is 8.75. The Bertz CT molecular complexity index is 1280. The van der Waals surface area contributed by atoms with Crippen LogP contribution in [0.15, 0.2) is 71.7 Å². The van der Waals surface area contributed by atoms with E-state index in [1.165, 1.54) is 16.1 Å². The normalized spacial score (nSPS) is 11.0. The van der Waals surface area contributed by atoms with Gasteiger partial charge < -0.3 is 9.88 Å². The number of halogens is 1. The summed E-state index contributed by atoms with van der Waals surface area (Å²) in [5.74, 6) is -0.488. The Morgan fingerprint density at radius 1 is 1.10 bits per heavy atom. The second-order valence-electron chi connectivity index (χ2n) is 7.04. The molecule has 0 spiro atoms. The molecule has 0 unspecified atom stereocenters. The Kier molecular flexibility index (Phi) is 5.68. The van der Waals surface area contributed by atoms with Gasteiger partial charge in [-0.2, -0.15) is 5.10 Å². The summed E-state index contributed by atoms with van der Waals surface area (Å²) in [4.78, 5) is 24.9. The van der Waals surface area contributed by atoms with Crippen molar-refractivity contribution in [1.82, 2.24) is 19.7 Å². The highest BCUT2D eigenvalue weighted by Crippen LogP contribution is 2.19. The van der Waals surface area contributed by atoms with Gasteiger partial charge in [0.05, 0.1) is 10.7 Å². The summed E-state index contributed by atoms with van der Waals surface area (Å²) >= 11 is 6.25. The molecule has 4 rings (SSSR count). The van der Waals surface area contributed by atoms with Crippen LogP contribution in [0.1, 0.15) is 22.6 Å². The van der Waals surface area contributed by atoms with Crippen molar-refractivity contribution in [3.05, 3.63) is 93.5 Å². The van der Waals surface area contributed by atoms with E-state index in [4.69, 9.17) is 11.6 Å². The highest BCUT2D eigenvalue weighted by atomic mass is 35.5. The van der Waals surface area contributed by atoms with Gasteiger partial charge in [0, 0.05) is 36.6 Å². The second-order valence-corrected chi connectivity index (χ2v) is 7.45. The number of para-hydroxylation sites is 2. The molecular weight excluding hydrogens is 400 g/mol. The third-order valence-corrected chi connectivity index (χ3v) is 5.26. The lowest BCUT2D eigenvalue weighted by Gasteiger charge is -2.12. The maximum atomic E-state index is 12.6. The minimum absolute atomic E-state index is 0.146. The quantitative estimate of drug-likeness (QED) is 0.480. The molecule has 0 fully saturated rings. The zero-order chi connectivity index (χ0) is 21.1. The molecule has 152 valence electrons. The van der Waals surface area contributed by atoms with Gasteiger partial charge in [0.2, 0.25) is 5.43 Å². The van der Waals surface area contributed by atoms with Gasteiger partial charge in [0.25, 0.3) is 5.91 Å². The van der Waals surface area contributed by atoms with Crippen molar-refractivity contribution in [2.45, 2.75) is 19.9 Å². The number of nitrogens with zero attached hydrogens (tertiary/aromatic N) is 3. The Morgan fingerprint density at radius 3 is 2.70 bits per heavy atom. The molecule has 0 saturated heterocycles. The molecule has 4 aromatic rings. The van der Waals surface area contributed by atoms with Crippen LogP contribution in [0.3, 0.4) is 0 Å². The summed E-state index contributed by atoms with van der Waals surface area (Å²) in [6.45, 7) is 2.95. The lowest BCUT2D eigenvalue weighted by molar-refractivity contribution is 0.0945. The Labute approximate surface area is 178 Å². The standard InChI is InChI=1S/C23H21ClN4O2/c1-16-15-21(29)22(26-28(16)20-10-5-3-8-18(20)24)23(30)25-12-6-13-27-14-11-17-7-2-4-9-19(17)27/h2-5,7-11,14-15H,6,12-13H2,1H3,(H,25,30). The van der Waals surface area contributed by atoms with E-state index < -0.39 is 11.3 Å². The minimum atomic E-state index is -0.488. The SMILES string of the molecule is Cc1cc(=O)c(C(=O)NCCCn2ccc3ccccc32)nn1-c1ccccc1Cl. The highest BCUT2D eigenvalue weighted by Gasteiger charge is 2.16. The van der Waals surface area contributed by atoms with E-state index >= 15 is 0 Å². The van der Waals surface area contributed by atoms with E-state index in [0.717, 1.165) is 18.5 Å². The molecule has 2 aromatic carbocycles. The smallest absolute Gasteiger partial charge is 0.275 e. The molecule has 30 heavy (non-hydrogen) atoms. The van der Waals surface area contributed by atoms with Crippen molar-refractivity contribution >= 4 is 28.4 Å². The van der Waals surface area contributed by atoms with Crippen molar-refractivity contribution in [2.75, 3.05) is 6.54 Å². The molecule has 0 radical (unpaired) electrons. The fourth-order valence-corrected chi connectivity index (χ4v) is 3.66. The second kappa shape index (κ2) is 8.55. The van der Waals surface area contributed by atoms with E-state index in [1.807, 2.05) is 30.5 Å². The van der Waals surface area contributed by atoms with Crippen molar-refractivity contribution in [1.29, 1.82) is 0 Å². The number of fused-ring (bicyclic) bond motifs is 1. The van der Waals surface area contributed by atoms with Gasteiger partial charge in [-0.25, -0.2) is 4.68 Å². The number of amides is 1. The first-order chi connectivity index (χ1) is 14.5. The summed E-state index contributed by atoms with van der Waals surface area (Å²) < 4.78 is 3.67. The van der Waals surface area contributed by atoms with Crippen LogP contribution in [0, 0.1) is 6.92 Å². The number of benzene rings is 2. The van der Waals surface area contributed by atoms with Crippen LogP contribution in [0.25, 0.3) is 16.6 Å². The number of carbonyl (C=O) groups excluding carboxylic acids is 1. The summed E-state index contributed by atoms with van der Waals surface area (Å²) in [6, 6.07) is 18.8. The predicted octanol–water partition coefficient (Wildman–Crippen LogP) is 3.97. The van der Waals surface area contributed by atoms with Crippen LogP contribution in [0.4, 0.5) is 0 Å². The monoisotopic (exact) mass is 420 g/mol. The van der Waals surface area contributed by atoms with E-state index in [0.29, 0.717) is 22.9 Å². The van der Waals surface area contributed by atoms with Crippen molar-refractivity contribution < 1.29 is 4.79 Å². The molecule has 7 heteroatoms. The largest absolute Gasteiger partial charge is 0.350 e. The van der Waals surface area contributed by atoms with Gasteiger partial charge in [0.1, 0.15) is 0 Å². The van der Waals surface area contributed by atoms with Crippen LogP contribution in [0.5, 0.6) is 0 Å². The van der Waals surface area contributed by atoms with E-state index in [1.54, 1.807) is 19.1 Å². The Balaban J connectivity index is 1.45. The number of hydrogen-bond donors (Lipinski definition) is 1. The molecule has 0 saturated carbocycles. The van der Waals surface area contributed by atoms with Gasteiger partial charge in [-0.1, -0.05) is 41.9 Å². The van der Waals surface area contributed by atoms with Crippen molar-refractivity contribution in [3.63, 3.8) is 0 Å². The molecular formula is C23H21ClN4O2. The predicted molar refractivity (Wildman–Crippen MR) is 118 cm³/mol. The summed E-state index contributed by atoms with van der Waals surface area (Å²) in [6.07, 6.45) is 2.77. The zero-order valence-electron chi connectivity index (χ0n) is 16.5. The molecule has 0 bridgehead atoms. The third-order valence-electron chi connectivity index (χ3n) is 4.94. The van der Waals surface area contributed by atoms with Gasteiger partial charge in [-0.15, -0.1) is 0 Å². The highest BCUT2D eigenvalue weighted by molar-refractivity contribution is 6.32. The summed E-state index contributed by atoms with van der Waals surface area (Å²) in [5.41, 5.74) is 1.82. The van der Waals surface area contributed by atoms with Crippen LogP contribution >= 0.6 is 11.6 Å². The van der Waals surface area contributed by atoms with E-state index in [9.17, 15) is 9.59 Å². The first-order valence-electron chi connectivity index (χ1n) is 9.72. The fourth-order valence-electron chi connectivity index (χ4n) is 3.44. The Morgan fingerprint density at radius 2 is 1.87 bits per heavy atom. The molecule has 2 heterocycles. The first-order valence-corrected chi connectivity index (χ1v) is 10.1. The van der Waals surface area contributed by atoms with Crippen molar-refractivity contribution in [3.8, 4) is 5.69 Å². The molecule has 0 aliphatic carbocycles. The molecule has 0 atom stereocenters. The van der Waals surface area contributed by atoms with Gasteiger partial charge >= 0.3 is 0 Å². The lowest BCUT2D eigenvalue weighted by atomic mass is 10.2. The number of carbonyl (C=O) groups is 1. The van der Waals surface area contributed by atoms with Crippen LogP contribution in [0.2, 0.25) is 5.02 Å².